The Hall–Kier alpha value is -0.905. The lowest BCUT2D eigenvalue weighted by atomic mass is 9.80. The number of aliphatic hydroxyl groups excluding tert-OH is 1. The van der Waals surface area contributed by atoms with Crippen molar-refractivity contribution in [1.82, 2.24) is 4.98 Å². The summed E-state index contributed by atoms with van der Waals surface area (Å²) in [6.07, 6.45) is 3.42. The van der Waals surface area contributed by atoms with Crippen LogP contribution < -0.4 is 5.46 Å². The van der Waals surface area contributed by atoms with Crippen LogP contribution in [0.5, 0.6) is 0 Å². The maximum atomic E-state index is 9.40. The zero-order chi connectivity index (χ0) is 11.8. The van der Waals surface area contributed by atoms with Crippen molar-refractivity contribution in [2.24, 2.45) is 0 Å². The standard InChI is InChI=1S/C11H16BNO3/c1-10(2)11(3,8-14)16-12(15-10)9-5-4-6-13-7-9/h4-7,14H,8H2,1-3H3. The quantitative estimate of drug-likeness (QED) is 0.732. The largest absolute Gasteiger partial charge is 0.496 e. The molecule has 0 radical (unpaired) electrons. The first-order valence-corrected chi connectivity index (χ1v) is 5.35. The van der Waals surface area contributed by atoms with Crippen LogP contribution in [0.3, 0.4) is 0 Å². The summed E-state index contributed by atoms with van der Waals surface area (Å²) in [7, 11) is -0.458. The van der Waals surface area contributed by atoms with Crippen LogP contribution in [-0.2, 0) is 9.31 Å². The fourth-order valence-electron chi connectivity index (χ4n) is 1.67. The van der Waals surface area contributed by atoms with Gasteiger partial charge >= 0.3 is 7.12 Å². The van der Waals surface area contributed by atoms with Crippen molar-refractivity contribution in [3.8, 4) is 0 Å². The van der Waals surface area contributed by atoms with Gasteiger partial charge in [0, 0.05) is 17.9 Å². The van der Waals surface area contributed by atoms with Crippen LogP contribution in [0.15, 0.2) is 24.5 Å². The molecular weight excluding hydrogens is 205 g/mol. The molecular formula is C11H16BNO3. The number of pyridine rings is 1. The van der Waals surface area contributed by atoms with E-state index in [0.29, 0.717) is 0 Å². The zero-order valence-corrected chi connectivity index (χ0v) is 9.80. The Bertz CT molecular complexity index is 371. The molecule has 1 saturated heterocycles. The minimum atomic E-state index is -0.687. The zero-order valence-electron chi connectivity index (χ0n) is 9.80. The van der Waals surface area contributed by atoms with Crippen molar-refractivity contribution in [2.45, 2.75) is 32.0 Å². The maximum absolute atomic E-state index is 9.40. The Labute approximate surface area is 95.7 Å². The number of aliphatic hydroxyl groups is 1. The number of hydrogen-bond donors (Lipinski definition) is 1. The van der Waals surface area contributed by atoms with Crippen molar-refractivity contribution >= 4 is 12.6 Å². The van der Waals surface area contributed by atoms with Gasteiger partial charge in [-0.3, -0.25) is 4.98 Å². The molecule has 0 aliphatic carbocycles. The molecule has 2 heterocycles. The second-order valence-electron chi connectivity index (χ2n) is 4.75. The Morgan fingerprint density at radius 1 is 1.38 bits per heavy atom. The first kappa shape index (κ1) is 11.6. The van der Waals surface area contributed by atoms with Crippen LogP contribution in [0.25, 0.3) is 0 Å². The highest BCUT2D eigenvalue weighted by Crippen LogP contribution is 2.36. The van der Waals surface area contributed by atoms with E-state index >= 15 is 0 Å². The fraction of sp³-hybridized carbons (Fsp3) is 0.545. The van der Waals surface area contributed by atoms with Crippen LogP contribution in [0.4, 0.5) is 0 Å². The van der Waals surface area contributed by atoms with Gasteiger partial charge in [-0.25, -0.2) is 0 Å². The highest BCUT2D eigenvalue weighted by molar-refractivity contribution is 6.62. The van der Waals surface area contributed by atoms with Gasteiger partial charge in [0.2, 0.25) is 0 Å². The molecule has 1 aliphatic heterocycles. The van der Waals surface area contributed by atoms with Gasteiger partial charge in [-0.1, -0.05) is 6.07 Å². The van der Waals surface area contributed by atoms with E-state index in [9.17, 15) is 5.11 Å². The van der Waals surface area contributed by atoms with Gasteiger partial charge in [-0.2, -0.15) is 0 Å². The van der Waals surface area contributed by atoms with Gasteiger partial charge in [0.25, 0.3) is 0 Å². The smallest absolute Gasteiger partial charge is 0.399 e. The lowest BCUT2D eigenvalue weighted by molar-refractivity contribution is -0.0473. The number of nitrogens with zero attached hydrogens (tertiary/aromatic N) is 1. The molecule has 5 heteroatoms. The Morgan fingerprint density at radius 2 is 2.12 bits per heavy atom. The molecule has 1 N–H and O–H groups in total. The van der Waals surface area contributed by atoms with Crippen LogP contribution in [0.2, 0.25) is 0 Å². The summed E-state index contributed by atoms with van der Waals surface area (Å²) in [5.74, 6) is 0. The van der Waals surface area contributed by atoms with Crippen LogP contribution in [0.1, 0.15) is 20.8 Å². The molecule has 1 unspecified atom stereocenters. The second-order valence-corrected chi connectivity index (χ2v) is 4.75. The molecule has 0 amide bonds. The van der Waals surface area contributed by atoms with Gasteiger partial charge in [-0.15, -0.1) is 0 Å². The van der Waals surface area contributed by atoms with Crippen molar-refractivity contribution in [1.29, 1.82) is 0 Å². The first-order chi connectivity index (χ1) is 7.48. The van der Waals surface area contributed by atoms with E-state index in [1.165, 1.54) is 0 Å². The van der Waals surface area contributed by atoms with Crippen molar-refractivity contribution in [3.05, 3.63) is 24.5 Å². The lowest BCUT2D eigenvalue weighted by Crippen LogP contribution is -2.47. The highest BCUT2D eigenvalue weighted by atomic mass is 16.7. The molecule has 16 heavy (non-hydrogen) atoms. The van der Waals surface area contributed by atoms with E-state index in [1.54, 1.807) is 12.4 Å². The predicted molar refractivity (Wildman–Crippen MR) is 61.4 cm³/mol. The Kier molecular flexibility index (Phi) is 2.78. The third-order valence-corrected chi connectivity index (χ3v) is 3.30. The minimum Gasteiger partial charge on any atom is -0.399 e. The van der Waals surface area contributed by atoms with Gasteiger partial charge < -0.3 is 14.4 Å². The van der Waals surface area contributed by atoms with Crippen molar-refractivity contribution < 1.29 is 14.4 Å². The third kappa shape index (κ3) is 1.75. The molecule has 0 bridgehead atoms. The molecule has 86 valence electrons. The molecule has 4 nitrogen and oxygen atoms in total. The van der Waals surface area contributed by atoms with Gasteiger partial charge in [-0.05, 0) is 26.8 Å². The summed E-state index contributed by atoms with van der Waals surface area (Å²) in [6.45, 7) is 5.61. The maximum Gasteiger partial charge on any atom is 0.496 e. The summed E-state index contributed by atoms with van der Waals surface area (Å²) < 4.78 is 11.6. The summed E-state index contributed by atoms with van der Waals surface area (Å²) in [5, 5.41) is 9.40. The fourth-order valence-corrected chi connectivity index (χ4v) is 1.67. The van der Waals surface area contributed by atoms with Gasteiger partial charge in [0.15, 0.2) is 0 Å². The molecule has 1 aromatic rings. The molecule has 1 aromatic heterocycles. The normalized spacial score (nSPS) is 28.4. The van der Waals surface area contributed by atoms with E-state index in [2.05, 4.69) is 4.98 Å². The highest BCUT2D eigenvalue weighted by Gasteiger charge is 2.54. The van der Waals surface area contributed by atoms with E-state index in [0.717, 1.165) is 5.46 Å². The number of rotatable bonds is 2. The van der Waals surface area contributed by atoms with Crippen molar-refractivity contribution in [3.63, 3.8) is 0 Å². The van der Waals surface area contributed by atoms with E-state index in [4.69, 9.17) is 9.31 Å². The predicted octanol–water partition coefficient (Wildman–Crippen LogP) is 0.353. The van der Waals surface area contributed by atoms with Gasteiger partial charge in [0.1, 0.15) is 5.60 Å². The molecule has 1 atom stereocenters. The summed E-state index contributed by atoms with van der Waals surface area (Å²) in [6, 6.07) is 3.74. The monoisotopic (exact) mass is 221 g/mol. The second kappa shape index (κ2) is 3.84. The first-order valence-electron chi connectivity index (χ1n) is 5.35. The Morgan fingerprint density at radius 3 is 2.62 bits per heavy atom. The topological polar surface area (TPSA) is 51.6 Å². The van der Waals surface area contributed by atoms with Crippen LogP contribution >= 0.6 is 0 Å². The van der Waals surface area contributed by atoms with E-state index in [-0.39, 0.29) is 6.61 Å². The van der Waals surface area contributed by atoms with E-state index in [1.807, 2.05) is 32.9 Å². The lowest BCUT2D eigenvalue weighted by Gasteiger charge is -2.34. The molecule has 0 spiro atoms. The molecule has 0 saturated carbocycles. The number of aromatic nitrogens is 1. The SMILES string of the molecule is CC1(C)OB(c2cccnc2)OC1(C)CO. The van der Waals surface area contributed by atoms with E-state index < -0.39 is 18.3 Å². The molecule has 1 fully saturated rings. The third-order valence-electron chi connectivity index (χ3n) is 3.30. The minimum absolute atomic E-state index is 0.0727. The van der Waals surface area contributed by atoms with Crippen LogP contribution in [-0.4, -0.2) is 35.0 Å². The van der Waals surface area contributed by atoms with Crippen LogP contribution in [0, 0.1) is 0 Å². The number of hydrogen-bond acceptors (Lipinski definition) is 4. The summed E-state index contributed by atoms with van der Waals surface area (Å²) in [5.41, 5.74) is -0.344. The average Bonchev–Trinajstić information content (AvgIpc) is 2.52. The average molecular weight is 221 g/mol. The Balaban J connectivity index is 2.25. The van der Waals surface area contributed by atoms with Crippen molar-refractivity contribution in [2.75, 3.05) is 6.61 Å². The summed E-state index contributed by atoms with van der Waals surface area (Å²) in [4.78, 5) is 4.03. The molecule has 1 aliphatic rings. The summed E-state index contributed by atoms with van der Waals surface area (Å²) >= 11 is 0. The van der Waals surface area contributed by atoms with Gasteiger partial charge in [0.05, 0.1) is 12.2 Å². The molecule has 0 aromatic carbocycles. The molecule has 2 rings (SSSR count).